The van der Waals surface area contributed by atoms with Crippen LogP contribution in [0.3, 0.4) is 0 Å². The van der Waals surface area contributed by atoms with Gasteiger partial charge in [-0.2, -0.15) is 0 Å². The number of nitrogens with zero attached hydrogens (tertiary/aromatic N) is 1. The molecule has 0 bridgehead atoms. The molecule has 0 aromatic heterocycles. The van der Waals surface area contributed by atoms with Crippen molar-refractivity contribution in [3.05, 3.63) is 76.2 Å². The number of rotatable bonds is 8. The average molecular weight is 393 g/mol. The smallest absolute Gasteiger partial charge is 0.331 e. The van der Waals surface area contributed by atoms with Crippen LogP contribution in [0.1, 0.15) is 19.4 Å². The van der Waals surface area contributed by atoms with Gasteiger partial charge in [0.1, 0.15) is 11.5 Å². The zero-order chi connectivity index (χ0) is 19.7. The molecule has 1 atom stereocenters. The van der Waals surface area contributed by atoms with Gasteiger partial charge in [0.05, 0.1) is 11.5 Å². The molecule has 0 spiro atoms. The van der Waals surface area contributed by atoms with Gasteiger partial charge in [-0.05, 0) is 37.6 Å². The Balaban J connectivity index is 2.96. The van der Waals surface area contributed by atoms with E-state index in [1.807, 2.05) is 0 Å². The highest BCUT2D eigenvalue weighted by Gasteiger charge is 2.07. The molecule has 138 valence electrons. The molecule has 0 radical (unpaired) electrons. The Labute approximate surface area is 160 Å². The van der Waals surface area contributed by atoms with Gasteiger partial charge in [0.2, 0.25) is 0 Å². The molecule has 6 nitrogen and oxygen atoms in total. The fraction of sp³-hybridized carbons (Fsp3) is 0.167. The maximum Gasteiger partial charge on any atom is 0.331 e. The molecular formula is C18H20NO5PS. The topological polar surface area (TPSA) is 78.7 Å². The number of thiol groups is 1. The standard InChI is InChI=1S/C18H20NO5PS/c1-4-14(19(21)22)8-6-12(3)24-15-9-7-13(10-16(15)25)17(26)11-18(20)23-5-2/h4,6-11,26H,1,5,25H2,2-3H3/b12-6+,14-8+,17-11-. The summed E-state index contributed by atoms with van der Waals surface area (Å²) in [5.41, 5.74) is 0.598. The second-order valence-corrected chi connectivity index (χ2v) is 6.07. The van der Waals surface area contributed by atoms with E-state index in [2.05, 4.69) is 28.4 Å². The number of benzene rings is 1. The lowest BCUT2D eigenvalue weighted by Crippen LogP contribution is -2.03. The largest absolute Gasteiger partial charge is 0.463 e. The van der Waals surface area contributed by atoms with E-state index in [0.717, 1.165) is 16.9 Å². The lowest BCUT2D eigenvalue weighted by Gasteiger charge is -2.10. The third kappa shape index (κ3) is 6.86. The van der Waals surface area contributed by atoms with Crippen LogP contribution in [-0.2, 0) is 9.53 Å². The van der Waals surface area contributed by atoms with Crippen molar-refractivity contribution >= 4 is 38.0 Å². The molecule has 0 aliphatic rings. The molecule has 1 unspecified atom stereocenters. The Hall–Kier alpha value is -2.37. The first-order valence-electron chi connectivity index (χ1n) is 7.59. The minimum Gasteiger partial charge on any atom is -0.463 e. The Morgan fingerprint density at radius 2 is 2.12 bits per heavy atom. The molecule has 8 heteroatoms. The van der Waals surface area contributed by atoms with Crippen molar-refractivity contribution in [2.45, 2.75) is 13.8 Å². The molecule has 1 aromatic rings. The second kappa shape index (κ2) is 10.6. The van der Waals surface area contributed by atoms with Gasteiger partial charge in [-0.3, -0.25) is 10.1 Å². The summed E-state index contributed by atoms with van der Waals surface area (Å²) in [6.45, 7) is 7.09. The number of allylic oxidation sites excluding steroid dienone is 4. The summed E-state index contributed by atoms with van der Waals surface area (Å²) >= 11 is 4.31. The van der Waals surface area contributed by atoms with Crippen molar-refractivity contribution in [3.63, 3.8) is 0 Å². The maximum absolute atomic E-state index is 11.5. The van der Waals surface area contributed by atoms with Gasteiger partial charge in [0.25, 0.3) is 5.70 Å². The molecule has 0 amide bonds. The molecule has 26 heavy (non-hydrogen) atoms. The van der Waals surface area contributed by atoms with Crippen molar-refractivity contribution in [2.75, 3.05) is 6.61 Å². The summed E-state index contributed by atoms with van der Waals surface area (Å²) in [6, 6.07) is 5.25. The van der Waals surface area contributed by atoms with Gasteiger partial charge >= 0.3 is 5.97 Å². The molecule has 0 fully saturated rings. The summed E-state index contributed by atoms with van der Waals surface area (Å²) in [6.07, 6.45) is 5.26. The first kappa shape index (κ1) is 21.7. The van der Waals surface area contributed by atoms with Crippen LogP contribution < -0.4 is 10.0 Å². The van der Waals surface area contributed by atoms with Crippen molar-refractivity contribution in [3.8, 4) is 5.75 Å². The van der Waals surface area contributed by atoms with Gasteiger partial charge < -0.3 is 9.47 Å². The Bertz CT molecular complexity index is 799. The molecule has 0 saturated carbocycles. The van der Waals surface area contributed by atoms with Crippen molar-refractivity contribution in [1.29, 1.82) is 0 Å². The summed E-state index contributed by atoms with van der Waals surface area (Å²) in [4.78, 5) is 22.1. The van der Waals surface area contributed by atoms with E-state index in [1.165, 1.54) is 18.2 Å². The zero-order valence-corrected chi connectivity index (χ0v) is 16.5. The van der Waals surface area contributed by atoms with Crippen LogP contribution in [0.25, 0.3) is 4.91 Å². The van der Waals surface area contributed by atoms with Crippen LogP contribution in [-0.4, -0.2) is 17.5 Å². The monoisotopic (exact) mass is 393 g/mol. The van der Waals surface area contributed by atoms with Crippen LogP contribution in [0.2, 0.25) is 0 Å². The summed E-state index contributed by atoms with van der Waals surface area (Å²) in [7, 11) is 2.53. The first-order chi connectivity index (χ1) is 12.3. The van der Waals surface area contributed by atoms with Gasteiger partial charge in [0, 0.05) is 28.4 Å². The molecule has 1 rings (SSSR count). The Morgan fingerprint density at radius 3 is 2.65 bits per heavy atom. The highest BCUT2D eigenvalue weighted by molar-refractivity contribution is 7.90. The molecule has 0 aliphatic carbocycles. The number of carbonyl (C=O) groups is 1. The second-order valence-electron chi connectivity index (χ2n) is 4.97. The fourth-order valence-electron chi connectivity index (χ4n) is 1.79. The lowest BCUT2D eigenvalue weighted by atomic mass is 10.2. The molecule has 1 aromatic carbocycles. The van der Waals surface area contributed by atoms with Gasteiger partial charge in [-0.15, -0.1) is 21.9 Å². The molecular weight excluding hydrogens is 373 g/mol. The van der Waals surface area contributed by atoms with Crippen molar-refractivity contribution in [2.24, 2.45) is 0 Å². The minimum absolute atomic E-state index is 0.127. The van der Waals surface area contributed by atoms with Crippen LogP contribution in [0.4, 0.5) is 0 Å². The van der Waals surface area contributed by atoms with Crippen molar-refractivity contribution in [1.82, 2.24) is 0 Å². The minimum atomic E-state index is -0.531. The Morgan fingerprint density at radius 1 is 1.42 bits per heavy atom. The molecule has 0 heterocycles. The van der Waals surface area contributed by atoms with E-state index >= 15 is 0 Å². The molecule has 0 aliphatic heterocycles. The SMILES string of the molecule is C=C/C(=C\C=C(/C)Oc1ccc(/C(S)=C/C(=O)OCC)cc1P)[N+](=O)[O-]. The number of ether oxygens (including phenoxy) is 2. The normalized spacial score (nSPS) is 12.5. The quantitative estimate of drug-likeness (QED) is 0.107. The van der Waals surface area contributed by atoms with E-state index in [1.54, 1.807) is 32.0 Å². The van der Waals surface area contributed by atoms with Gasteiger partial charge in [0.15, 0.2) is 0 Å². The van der Waals surface area contributed by atoms with Crippen LogP contribution in [0.5, 0.6) is 5.75 Å². The van der Waals surface area contributed by atoms with E-state index < -0.39 is 10.9 Å². The maximum atomic E-state index is 11.5. The third-order valence-corrected chi connectivity index (χ3v) is 3.86. The molecule has 0 N–H and O–H groups in total. The number of esters is 1. The third-order valence-electron chi connectivity index (χ3n) is 3.03. The Kier molecular flexibility index (Phi) is 8.82. The van der Waals surface area contributed by atoms with Gasteiger partial charge in [-0.25, -0.2) is 4.79 Å². The summed E-state index contributed by atoms with van der Waals surface area (Å²) in [5.74, 6) is 0.563. The predicted molar refractivity (Wildman–Crippen MR) is 109 cm³/mol. The summed E-state index contributed by atoms with van der Waals surface area (Å²) < 4.78 is 10.5. The zero-order valence-electron chi connectivity index (χ0n) is 14.5. The van der Waals surface area contributed by atoms with Crippen LogP contribution in [0, 0.1) is 10.1 Å². The summed E-state index contributed by atoms with van der Waals surface area (Å²) in [5, 5.41) is 11.5. The van der Waals surface area contributed by atoms with Gasteiger partial charge in [-0.1, -0.05) is 12.6 Å². The molecule has 0 saturated heterocycles. The number of carbonyl (C=O) groups excluding carboxylic acids is 1. The highest BCUT2D eigenvalue weighted by Crippen LogP contribution is 2.23. The number of hydrogen-bond donors (Lipinski definition) is 1. The predicted octanol–water partition coefficient (Wildman–Crippen LogP) is 3.65. The van der Waals surface area contributed by atoms with E-state index in [-0.39, 0.29) is 5.70 Å². The first-order valence-corrected chi connectivity index (χ1v) is 8.61. The van der Waals surface area contributed by atoms with Crippen LogP contribution in [0.15, 0.2) is 60.5 Å². The lowest BCUT2D eigenvalue weighted by molar-refractivity contribution is -0.418. The fourth-order valence-corrected chi connectivity index (χ4v) is 2.37. The van der Waals surface area contributed by atoms with E-state index in [0.29, 0.717) is 23.0 Å². The van der Waals surface area contributed by atoms with E-state index in [9.17, 15) is 14.9 Å². The number of nitro groups is 1. The highest BCUT2D eigenvalue weighted by atomic mass is 32.1. The van der Waals surface area contributed by atoms with Crippen molar-refractivity contribution < 1.29 is 19.2 Å². The number of hydrogen-bond acceptors (Lipinski definition) is 6. The van der Waals surface area contributed by atoms with Crippen LogP contribution >= 0.6 is 21.9 Å². The average Bonchev–Trinajstić information content (AvgIpc) is 2.57. The van der Waals surface area contributed by atoms with E-state index in [4.69, 9.17) is 9.47 Å².